The Hall–Kier alpha value is -0.900. The fourth-order valence-corrected chi connectivity index (χ4v) is 3.21. The minimum absolute atomic E-state index is 0.115. The normalized spacial score (nSPS) is 30.1. The number of nitrogens with two attached hydrogens (primary N) is 1. The van der Waals surface area contributed by atoms with Crippen molar-refractivity contribution in [2.24, 2.45) is 5.73 Å². The van der Waals surface area contributed by atoms with Crippen molar-refractivity contribution in [1.82, 2.24) is 4.90 Å². The van der Waals surface area contributed by atoms with Gasteiger partial charge in [0.05, 0.1) is 12.7 Å². The number of benzene rings is 1. The summed E-state index contributed by atoms with van der Waals surface area (Å²) in [4.78, 5) is 2.56. The van der Waals surface area contributed by atoms with Gasteiger partial charge in [-0.15, -0.1) is 0 Å². The summed E-state index contributed by atoms with van der Waals surface area (Å²) in [7, 11) is 0. The number of hydrogen-bond acceptors (Lipinski definition) is 3. The van der Waals surface area contributed by atoms with Gasteiger partial charge in [0.2, 0.25) is 0 Å². The van der Waals surface area contributed by atoms with Crippen molar-refractivity contribution in [3.05, 3.63) is 35.4 Å². The van der Waals surface area contributed by atoms with Crippen molar-refractivity contribution in [1.29, 1.82) is 0 Å². The van der Waals surface area contributed by atoms with Crippen LogP contribution in [0.1, 0.15) is 30.5 Å². The molecule has 1 fully saturated rings. The second-order valence-electron chi connectivity index (χ2n) is 5.52. The van der Waals surface area contributed by atoms with Gasteiger partial charge in [-0.1, -0.05) is 24.3 Å². The van der Waals surface area contributed by atoms with Gasteiger partial charge in [-0.05, 0) is 30.9 Å². The highest BCUT2D eigenvalue weighted by molar-refractivity contribution is 5.34. The predicted molar refractivity (Wildman–Crippen MR) is 72.5 cm³/mol. The number of fused-ring (bicyclic) bond motifs is 1. The maximum atomic E-state index is 5.97. The highest BCUT2D eigenvalue weighted by atomic mass is 16.5. The zero-order chi connectivity index (χ0) is 12.5. The highest BCUT2D eigenvalue weighted by Gasteiger charge is 2.32. The zero-order valence-electron chi connectivity index (χ0n) is 11.0. The number of rotatable bonds is 2. The van der Waals surface area contributed by atoms with Crippen molar-refractivity contribution in [2.45, 2.75) is 38.0 Å². The first-order valence-electron chi connectivity index (χ1n) is 6.95. The number of nitrogens with zero attached hydrogens (tertiary/aromatic N) is 1. The van der Waals surface area contributed by atoms with Crippen molar-refractivity contribution >= 4 is 0 Å². The highest BCUT2D eigenvalue weighted by Crippen LogP contribution is 2.36. The minimum Gasteiger partial charge on any atom is -0.374 e. The summed E-state index contributed by atoms with van der Waals surface area (Å²) in [6.45, 7) is 4.85. The number of aryl methyl sites for hydroxylation is 1. The largest absolute Gasteiger partial charge is 0.374 e. The van der Waals surface area contributed by atoms with Gasteiger partial charge in [0, 0.05) is 25.2 Å². The lowest BCUT2D eigenvalue weighted by Crippen LogP contribution is -2.50. The molecule has 1 saturated heterocycles. The van der Waals surface area contributed by atoms with Crippen LogP contribution in [0.25, 0.3) is 0 Å². The van der Waals surface area contributed by atoms with E-state index in [4.69, 9.17) is 10.5 Å². The molecule has 1 aliphatic heterocycles. The third-order valence-corrected chi connectivity index (χ3v) is 4.25. The molecular weight excluding hydrogens is 224 g/mol. The van der Waals surface area contributed by atoms with E-state index < -0.39 is 0 Å². The number of morpholine rings is 1. The van der Waals surface area contributed by atoms with Crippen molar-refractivity contribution in [3.8, 4) is 0 Å². The SMILES string of the molecule is CC(N)C1CN(C2CCc3ccccc32)CCO1. The molecule has 3 rings (SSSR count). The lowest BCUT2D eigenvalue weighted by molar-refractivity contribution is -0.0519. The van der Waals surface area contributed by atoms with Gasteiger partial charge in [0.15, 0.2) is 0 Å². The molecule has 0 saturated carbocycles. The molecule has 18 heavy (non-hydrogen) atoms. The first-order valence-corrected chi connectivity index (χ1v) is 6.95. The van der Waals surface area contributed by atoms with Crippen LogP contribution in [-0.2, 0) is 11.2 Å². The molecule has 3 atom stereocenters. The summed E-state index contributed by atoms with van der Waals surface area (Å²) in [5, 5.41) is 0. The molecule has 1 aromatic rings. The van der Waals surface area contributed by atoms with Crippen LogP contribution in [0.5, 0.6) is 0 Å². The van der Waals surface area contributed by atoms with Gasteiger partial charge in [-0.3, -0.25) is 4.90 Å². The average molecular weight is 246 g/mol. The second kappa shape index (κ2) is 5.00. The maximum absolute atomic E-state index is 5.97. The van der Waals surface area contributed by atoms with E-state index in [-0.39, 0.29) is 12.1 Å². The van der Waals surface area contributed by atoms with E-state index in [1.54, 1.807) is 0 Å². The van der Waals surface area contributed by atoms with E-state index in [1.165, 1.54) is 24.0 Å². The molecule has 3 nitrogen and oxygen atoms in total. The zero-order valence-corrected chi connectivity index (χ0v) is 11.0. The Morgan fingerprint density at radius 3 is 3.06 bits per heavy atom. The van der Waals surface area contributed by atoms with E-state index in [9.17, 15) is 0 Å². The molecule has 3 unspecified atom stereocenters. The summed E-state index contributed by atoms with van der Waals surface area (Å²) in [6.07, 6.45) is 2.64. The summed E-state index contributed by atoms with van der Waals surface area (Å²) in [6, 6.07) is 9.53. The van der Waals surface area contributed by atoms with Crippen LogP contribution in [0, 0.1) is 0 Å². The Labute approximate surface area is 109 Å². The molecule has 0 amide bonds. The molecule has 0 spiro atoms. The predicted octanol–water partition coefficient (Wildman–Crippen LogP) is 1.72. The van der Waals surface area contributed by atoms with Gasteiger partial charge in [-0.25, -0.2) is 0 Å². The van der Waals surface area contributed by atoms with Gasteiger partial charge in [0.25, 0.3) is 0 Å². The summed E-state index contributed by atoms with van der Waals surface area (Å²) >= 11 is 0. The lowest BCUT2D eigenvalue weighted by atomic mass is 10.0. The van der Waals surface area contributed by atoms with E-state index >= 15 is 0 Å². The van der Waals surface area contributed by atoms with Gasteiger partial charge in [-0.2, -0.15) is 0 Å². The minimum atomic E-state index is 0.115. The molecule has 0 aromatic heterocycles. The Morgan fingerprint density at radius 2 is 2.22 bits per heavy atom. The number of ether oxygens (including phenoxy) is 1. The van der Waals surface area contributed by atoms with Crippen LogP contribution in [0.4, 0.5) is 0 Å². The van der Waals surface area contributed by atoms with Gasteiger partial charge in [0.1, 0.15) is 0 Å². The molecular formula is C15H22N2O. The fraction of sp³-hybridized carbons (Fsp3) is 0.600. The molecule has 1 heterocycles. The van der Waals surface area contributed by atoms with Gasteiger partial charge >= 0.3 is 0 Å². The standard InChI is InChI=1S/C15H22N2O/c1-11(16)15-10-17(8-9-18-15)14-7-6-12-4-2-3-5-13(12)14/h2-5,11,14-15H,6-10,16H2,1H3. The van der Waals surface area contributed by atoms with E-state index in [1.807, 2.05) is 6.92 Å². The topological polar surface area (TPSA) is 38.5 Å². The molecule has 1 aliphatic carbocycles. The summed E-state index contributed by atoms with van der Waals surface area (Å²) in [5.74, 6) is 0. The van der Waals surface area contributed by atoms with Crippen LogP contribution in [0.15, 0.2) is 24.3 Å². The Bertz CT molecular complexity index is 419. The first kappa shape index (κ1) is 12.2. The third-order valence-electron chi connectivity index (χ3n) is 4.25. The first-order chi connectivity index (χ1) is 8.75. The molecule has 3 heteroatoms. The molecule has 2 N–H and O–H groups in total. The molecule has 0 bridgehead atoms. The second-order valence-corrected chi connectivity index (χ2v) is 5.52. The lowest BCUT2D eigenvalue weighted by Gasteiger charge is -2.38. The number of hydrogen-bond donors (Lipinski definition) is 1. The van der Waals surface area contributed by atoms with Crippen molar-refractivity contribution in [3.63, 3.8) is 0 Å². The van der Waals surface area contributed by atoms with Crippen LogP contribution >= 0.6 is 0 Å². The average Bonchev–Trinajstić information content (AvgIpc) is 2.82. The van der Waals surface area contributed by atoms with E-state index in [0.29, 0.717) is 6.04 Å². The third kappa shape index (κ3) is 2.18. The molecule has 98 valence electrons. The van der Waals surface area contributed by atoms with Crippen LogP contribution < -0.4 is 5.73 Å². The van der Waals surface area contributed by atoms with Crippen LogP contribution in [-0.4, -0.2) is 36.7 Å². The smallest absolute Gasteiger partial charge is 0.0850 e. The Morgan fingerprint density at radius 1 is 1.39 bits per heavy atom. The van der Waals surface area contributed by atoms with Crippen LogP contribution in [0.2, 0.25) is 0 Å². The van der Waals surface area contributed by atoms with Crippen molar-refractivity contribution in [2.75, 3.05) is 19.7 Å². The molecule has 2 aliphatic rings. The Balaban J connectivity index is 1.76. The summed E-state index contributed by atoms with van der Waals surface area (Å²) < 4.78 is 5.75. The summed E-state index contributed by atoms with van der Waals surface area (Å²) in [5.41, 5.74) is 9.01. The van der Waals surface area contributed by atoms with E-state index in [2.05, 4.69) is 29.2 Å². The van der Waals surface area contributed by atoms with Crippen LogP contribution in [0.3, 0.4) is 0 Å². The maximum Gasteiger partial charge on any atom is 0.0850 e. The molecule has 1 aromatic carbocycles. The fourth-order valence-electron chi connectivity index (χ4n) is 3.21. The Kier molecular flexibility index (Phi) is 3.37. The monoisotopic (exact) mass is 246 g/mol. The van der Waals surface area contributed by atoms with E-state index in [0.717, 1.165) is 19.7 Å². The quantitative estimate of drug-likeness (QED) is 0.863. The van der Waals surface area contributed by atoms with Crippen molar-refractivity contribution < 1.29 is 4.74 Å². The molecule has 0 radical (unpaired) electrons. The van der Waals surface area contributed by atoms with Gasteiger partial charge < -0.3 is 10.5 Å².